The molecule has 0 fully saturated rings. The summed E-state index contributed by atoms with van der Waals surface area (Å²) in [5.74, 6) is -0.508. The van der Waals surface area contributed by atoms with Crippen molar-refractivity contribution in [2.24, 2.45) is 5.41 Å². The van der Waals surface area contributed by atoms with E-state index in [1.165, 1.54) is 0 Å². The predicted molar refractivity (Wildman–Crippen MR) is 124 cm³/mol. The Hall–Kier alpha value is -3.66. The SMILES string of the molecule is C=C[C@]1(C)c2ccccc2[C@]2(NC(=O)c3ccccc32)[C@]1(C)COC(=O)c1ccccc1. The summed E-state index contributed by atoms with van der Waals surface area (Å²) in [5, 5.41) is 3.32. The van der Waals surface area contributed by atoms with E-state index in [2.05, 4.69) is 37.9 Å². The highest BCUT2D eigenvalue weighted by Gasteiger charge is 2.69. The van der Waals surface area contributed by atoms with Gasteiger partial charge in [0.05, 0.1) is 5.56 Å². The van der Waals surface area contributed by atoms with Gasteiger partial charge in [0.25, 0.3) is 5.91 Å². The van der Waals surface area contributed by atoms with Gasteiger partial charge in [-0.2, -0.15) is 0 Å². The maximum absolute atomic E-state index is 13.1. The summed E-state index contributed by atoms with van der Waals surface area (Å²) in [4.78, 5) is 26.0. The Morgan fingerprint density at radius 1 is 0.906 bits per heavy atom. The minimum atomic E-state index is -0.850. The fraction of sp³-hybridized carbons (Fsp3) is 0.214. The summed E-state index contributed by atoms with van der Waals surface area (Å²) < 4.78 is 5.94. The van der Waals surface area contributed by atoms with E-state index in [9.17, 15) is 9.59 Å². The van der Waals surface area contributed by atoms with Crippen molar-refractivity contribution in [1.29, 1.82) is 0 Å². The summed E-state index contributed by atoms with van der Waals surface area (Å²) in [6.07, 6.45) is 1.92. The van der Waals surface area contributed by atoms with Crippen molar-refractivity contribution >= 4 is 11.9 Å². The van der Waals surface area contributed by atoms with Gasteiger partial charge < -0.3 is 10.1 Å². The van der Waals surface area contributed by atoms with Crippen LogP contribution >= 0.6 is 0 Å². The Morgan fingerprint density at radius 2 is 1.50 bits per heavy atom. The van der Waals surface area contributed by atoms with Crippen molar-refractivity contribution in [2.75, 3.05) is 6.61 Å². The number of benzene rings is 3. The van der Waals surface area contributed by atoms with E-state index in [4.69, 9.17) is 4.74 Å². The standard InChI is InChI=1S/C28H25NO3/c1-4-26(2)22-16-10-11-17-23(22)28(21-15-9-8-14-20(21)24(30)29-28)27(26,3)18-32-25(31)19-12-6-5-7-13-19/h4-17H,1,18H2,2-3H3,(H,29,30)/t26-,27-,28+/m1/s1. The normalized spacial score (nSPS) is 27.5. The van der Waals surface area contributed by atoms with Gasteiger partial charge in [0.15, 0.2) is 0 Å². The molecule has 1 aliphatic heterocycles. The average Bonchev–Trinajstić information content (AvgIpc) is 3.23. The molecule has 4 nitrogen and oxygen atoms in total. The van der Waals surface area contributed by atoms with Crippen LogP contribution in [0.5, 0.6) is 0 Å². The van der Waals surface area contributed by atoms with Crippen LogP contribution in [0, 0.1) is 5.41 Å². The number of hydrogen-bond acceptors (Lipinski definition) is 3. The lowest BCUT2D eigenvalue weighted by atomic mass is 9.58. The molecule has 1 spiro atoms. The molecule has 3 atom stereocenters. The number of carbonyl (C=O) groups is 2. The maximum Gasteiger partial charge on any atom is 0.338 e. The minimum absolute atomic E-state index is 0.104. The molecule has 1 amide bonds. The Kier molecular flexibility index (Phi) is 4.38. The Balaban J connectivity index is 1.70. The molecule has 3 aromatic carbocycles. The van der Waals surface area contributed by atoms with E-state index in [1.54, 1.807) is 12.1 Å². The van der Waals surface area contributed by atoms with Crippen LogP contribution in [0.4, 0.5) is 0 Å². The number of fused-ring (bicyclic) bond motifs is 4. The lowest BCUT2D eigenvalue weighted by molar-refractivity contribution is -0.00529. The van der Waals surface area contributed by atoms with E-state index in [0.29, 0.717) is 11.1 Å². The molecule has 1 heterocycles. The zero-order valence-corrected chi connectivity index (χ0v) is 18.2. The van der Waals surface area contributed by atoms with Crippen LogP contribution in [0.2, 0.25) is 0 Å². The van der Waals surface area contributed by atoms with E-state index in [-0.39, 0.29) is 18.5 Å². The number of hydrogen-bond donors (Lipinski definition) is 1. The first kappa shape index (κ1) is 20.3. The molecule has 0 bridgehead atoms. The molecule has 0 aromatic heterocycles. The van der Waals surface area contributed by atoms with Crippen molar-refractivity contribution in [3.05, 3.63) is 119 Å². The first-order valence-corrected chi connectivity index (χ1v) is 10.8. The molecular weight excluding hydrogens is 398 g/mol. The summed E-state index contributed by atoms with van der Waals surface area (Å²) in [6.45, 7) is 8.46. The number of esters is 1. The molecular formula is C28H25NO3. The topological polar surface area (TPSA) is 55.4 Å². The summed E-state index contributed by atoms with van der Waals surface area (Å²) in [5.41, 5.74) is 2.00. The highest BCUT2D eigenvalue weighted by Crippen LogP contribution is 2.65. The Labute approximate surface area is 187 Å². The molecule has 4 heteroatoms. The quantitative estimate of drug-likeness (QED) is 0.475. The molecule has 32 heavy (non-hydrogen) atoms. The molecule has 0 unspecified atom stereocenters. The first-order chi connectivity index (χ1) is 15.4. The van der Waals surface area contributed by atoms with Gasteiger partial charge in [-0.05, 0) is 34.9 Å². The van der Waals surface area contributed by atoms with Crippen molar-refractivity contribution < 1.29 is 14.3 Å². The smallest absolute Gasteiger partial charge is 0.338 e. The summed E-state index contributed by atoms with van der Waals surface area (Å²) >= 11 is 0. The zero-order valence-electron chi connectivity index (χ0n) is 18.2. The van der Waals surface area contributed by atoms with E-state index in [1.807, 2.05) is 60.7 Å². The van der Waals surface area contributed by atoms with E-state index < -0.39 is 16.4 Å². The summed E-state index contributed by atoms with van der Waals surface area (Å²) in [6, 6.07) is 24.8. The van der Waals surface area contributed by atoms with Crippen LogP contribution in [0.3, 0.4) is 0 Å². The Bertz CT molecular complexity index is 1250. The fourth-order valence-corrected chi connectivity index (χ4v) is 5.67. The number of nitrogens with one attached hydrogen (secondary N) is 1. The van der Waals surface area contributed by atoms with Crippen LogP contribution < -0.4 is 5.32 Å². The predicted octanol–water partition coefficient (Wildman–Crippen LogP) is 4.99. The molecule has 1 N–H and O–H groups in total. The molecule has 160 valence electrons. The van der Waals surface area contributed by atoms with Crippen LogP contribution in [0.25, 0.3) is 0 Å². The van der Waals surface area contributed by atoms with Gasteiger partial charge in [0.2, 0.25) is 0 Å². The average molecular weight is 424 g/mol. The second-order valence-corrected chi connectivity index (χ2v) is 8.98. The van der Waals surface area contributed by atoms with Gasteiger partial charge in [0, 0.05) is 16.4 Å². The fourth-order valence-electron chi connectivity index (χ4n) is 5.67. The van der Waals surface area contributed by atoms with Crippen LogP contribution in [-0.2, 0) is 15.7 Å². The molecule has 5 rings (SSSR count). The highest BCUT2D eigenvalue weighted by molar-refractivity contribution is 6.01. The monoisotopic (exact) mass is 423 g/mol. The first-order valence-electron chi connectivity index (χ1n) is 10.8. The highest BCUT2D eigenvalue weighted by atomic mass is 16.5. The van der Waals surface area contributed by atoms with E-state index in [0.717, 1.165) is 16.7 Å². The minimum Gasteiger partial charge on any atom is -0.461 e. The zero-order chi connectivity index (χ0) is 22.6. The summed E-state index contributed by atoms with van der Waals surface area (Å²) in [7, 11) is 0. The van der Waals surface area contributed by atoms with Crippen LogP contribution in [0.1, 0.15) is 51.3 Å². The van der Waals surface area contributed by atoms with Crippen molar-refractivity contribution in [3.8, 4) is 0 Å². The molecule has 0 saturated heterocycles. The van der Waals surface area contributed by atoms with Gasteiger partial charge in [0.1, 0.15) is 12.1 Å². The molecule has 0 radical (unpaired) electrons. The largest absolute Gasteiger partial charge is 0.461 e. The number of allylic oxidation sites excluding steroid dienone is 1. The third kappa shape index (κ3) is 2.38. The number of rotatable bonds is 4. The maximum atomic E-state index is 13.1. The van der Waals surface area contributed by atoms with Crippen LogP contribution in [-0.4, -0.2) is 18.5 Å². The van der Waals surface area contributed by atoms with Gasteiger partial charge in [-0.1, -0.05) is 80.6 Å². The molecule has 0 saturated carbocycles. The molecule has 1 aliphatic carbocycles. The number of ether oxygens (including phenoxy) is 1. The second-order valence-electron chi connectivity index (χ2n) is 8.98. The third-order valence-corrected chi connectivity index (χ3v) is 7.65. The van der Waals surface area contributed by atoms with Gasteiger partial charge >= 0.3 is 5.97 Å². The lowest BCUT2D eigenvalue weighted by Gasteiger charge is -2.48. The second kappa shape index (κ2) is 6.92. The van der Waals surface area contributed by atoms with Gasteiger partial charge in [-0.3, -0.25) is 4.79 Å². The van der Waals surface area contributed by atoms with Gasteiger partial charge in [-0.15, -0.1) is 6.58 Å². The molecule has 3 aromatic rings. The van der Waals surface area contributed by atoms with Gasteiger partial charge in [-0.25, -0.2) is 4.79 Å². The third-order valence-electron chi connectivity index (χ3n) is 7.65. The van der Waals surface area contributed by atoms with Crippen molar-refractivity contribution in [2.45, 2.75) is 24.8 Å². The molecule has 2 aliphatic rings. The van der Waals surface area contributed by atoms with E-state index >= 15 is 0 Å². The van der Waals surface area contributed by atoms with Crippen molar-refractivity contribution in [1.82, 2.24) is 5.32 Å². The number of amides is 1. The van der Waals surface area contributed by atoms with Crippen molar-refractivity contribution in [3.63, 3.8) is 0 Å². The number of carbonyl (C=O) groups excluding carboxylic acids is 2. The lowest BCUT2D eigenvalue weighted by Crippen LogP contribution is -2.58. The van der Waals surface area contributed by atoms with Crippen LogP contribution in [0.15, 0.2) is 91.5 Å². The Morgan fingerprint density at radius 3 is 2.19 bits per heavy atom.